The molecule has 6 nitrogen and oxygen atoms in total. The van der Waals surface area contributed by atoms with Gasteiger partial charge in [0.15, 0.2) is 0 Å². The number of halogens is 1. The lowest BCUT2D eigenvalue weighted by Gasteiger charge is -2.10. The predicted molar refractivity (Wildman–Crippen MR) is 88.4 cm³/mol. The molecule has 0 saturated heterocycles. The molecule has 0 heterocycles. The molecule has 2 amide bonds. The Kier molecular flexibility index (Phi) is 6.01. The minimum Gasteiger partial charge on any atom is -0.492 e. The molecule has 0 saturated carbocycles. The summed E-state index contributed by atoms with van der Waals surface area (Å²) < 4.78 is 18.7. The molecule has 0 aliphatic heterocycles. The predicted octanol–water partition coefficient (Wildman–Crippen LogP) is 2.31. The first-order valence-corrected chi connectivity index (χ1v) is 7.22. The Hall–Kier alpha value is -3.22. The van der Waals surface area contributed by atoms with Crippen molar-refractivity contribution in [2.75, 3.05) is 11.9 Å². The molecule has 0 radical (unpaired) electrons. The number of nitrogens with one attached hydrogen (secondary N) is 2. The summed E-state index contributed by atoms with van der Waals surface area (Å²) in [5.41, 5.74) is 2.61. The molecule has 0 aliphatic rings. The third-order valence-electron chi connectivity index (χ3n) is 2.92. The van der Waals surface area contributed by atoms with Gasteiger partial charge in [-0.05, 0) is 25.1 Å². The highest BCUT2D eigenvalue weighted by Gasteiger charge is 2.15. The van der Waals surface area contributed by atoms with Crippen LogP contribution in [0.1, 0.15) is 12.5 Å². The number of hydrogen-bond donors (Lipinski definition) is 2. The van der Waals surface area contributed by atoms with Gasteiger partial charge in [-0.25, -0.2) is 9.82 Å². The fourth-order valence-corrected chi connectivity index (χ4v) is 1.82. The minimum absolute atomic E-state index is 0.194. The first-order chi connectivity index (χ1) is 11.6. The lowest BCUT2D eigenvalue weighted by Crippen LogP contribution is -2.32. The van der Waals surface area contributed by atoms with E-state index in [2.05, 4.69) is 10.4 Å². The molecule has 2 aromatic rings. The van der Waals surface area contributed by atoms with Crippen LogP contribution in [-0.2, 0) is 9.59 Å². The molecular weight excluding hydrogens is 313 g/mol. The van der Waals surface area contributed by atoms with Gasteiger partial charge in [-0.15, -0.1) is 0 Å². The molecule has 2 aromatic carbocycles. The Morgan fingerprint density at radius 2 is 1.83 bits per heavy atom. The van der Waals surface area contributed by atoms with Crippen molar-refractivity contribution in [2.24, 2.45) is 5.10 Å². The van der Waals surface area contributed by atoms with Crippen molar-refractivity contribution in [3.63, 3.8) is 0 Å². The topological polar surface area (TPSA) is 79.8 Å². The van der Waals surface area contributed by atoms with Gasteiger partial charge in [0.25, 0.3) is 0 Å². The van der Waals surface area contributed by atoms with Crippen molar-refractivity contribution < 1.29 is 18.7 Å². The Bertz CT molecular complexity index is 762. The van der Waals surface area contributed by atoms with Crippen LogP contribution in [0.5, 0.6) is 5.75 Å². The van der Waals surface area contributed by atoms with Crippen molar-refractivity contribution in [1.82, 2.24) is 5.43 Å². The van der Waals surface area contributed by atoms with Crippen LogP contribution in [0.4, 0.5) is 10.1 Å². The van der Waals surface area contributed by atoms with E-state index < -0.39 is 17.6 Å². The average molecular weight is 329 g/mol. The molecule has 7 heteroatoms. The summed E-state index contributed by atoms with van der Waals surface area (Å²) >= 11 is 0. The van der Waals surface area contributed by atoms with Crippen LogP contribution in [0.2, 0.25) is 0 Å². The molecule has 0 aromatic heterocycles. The zero-order valence-corrected chi connectivity index (χ0v) is 13.0. The molecule has 2 rings (SSSR count). The highest BCUT2D eigenvalue weighted by molar-refractivity contribution is 6.39. The van der Waals surface area contributed by atoms with Crippen molar-refractivity contribution >= 4 is 23.7 Å². The zero-order chi connectivity index (χ0) is 17.4. The number of para-hydroxylation sites is 2. The minimum atomic E-state index is -0.978. The summed E-state index contributed by atoms with van der Waals surface area (Å²) in [6.45, 7) is 2.23. The third-order valence-corrected chi connectivity index (χ3v) is 2.92. The van der Waals surface area contributed by atoms with E-state index >= 15 is 0 Å². The van der Waals surface area contributed by atoms with E-state index in [4.69, 9.17) is 4.74 Å². The van der Waals surface area contributed by atoms with Gasteiger partial charge in [0, 0.05) is 5.56 Å². The largest absolute Gasteiger partial charge is 0.492 e. The quantitative estimate of drug-likeness (QED) is 0.502. The smallest absolute Gasteiger partial charge is 0.329 e. The second kappa shape index (κ2) is 8.42. The van der Waals surface area contributed by atoms with Crippen molar-refractivity contribution in [3.05, 3.63) is 59.9 Å². The molecule has 0 fully saturated rings. The van der Waals surface area contributed by atoms with E-state index in [1.165, 1.54) is 18.2 Å². The normalized spacial score (nSPS) is 10.4. The van der Waals surface area contributed by atoms with Crippen molar-refractivity contribution in [2.45, 2.75) is 6.92 Å². The number of rotatable bonds is 5. The summed E-state index contributed by atoms with van der Waals surface area (Å²) in [6, 6.07) is 12.7. The van der Waals surface area contributed by atoms with Crippen LogP contribution in [0.15, 0.2) is 53.6 Å². The van der Waals surface area contributed by atoms with Gasteiger partial charge >= 0.3 is 11.8 Å². The summed E-state index contributed by atoms with van der Waals surface area (Å²) in [6.07, 6.45) is 1.12. The van der Waals surface area contributed by atoms with E-state index in [0.717, 1.165) is 6.21 Å². The molecule has 0 aliphatic carbocycles. The van der Waals surface area contributed by atoms with Gasteiger partial charge in [-0.1, -0.05) is 30.3 Å². The van der Waals surface area contributed by atoms with E-state index in [-0.39, 0.29) is 5.56 Å². The Morgan fingerprint density at radius 3 is 2.58 bits per heavy atom. The first kappa shape index (κ1) is 17.1. The van der Waals surface area contributed by atoms with E-state index in [1.54, 1.807) is 30.3 Å². The highest BCUT2D eigenvalue weighted by atomic mass is 19.1. The molecule has 124 valence electrons. The van der Waals surface area contributed by atoms with E-state index in [1.807, 2.05) is 12.3 Å². The molecular formula is C17H16FN3O3. The third kappa shape index (κ3) is 4.64. The van der Waals surface area contributed by atoms with Crippen LogP contribution >= 0.6 is 0 Å². The number of hydrogen-bond acceptors (Lipinski definition) is 4. The molecule has 0 spiro atoms. The van der Waals surface area contributed by atoms with Gasteiger partial charge in [0.05, 0.1) is 18.5 Å². The molecule has 2 N–H and O–H groups in total. The number of carbonyl (C=O) groups excluding carboxylic acids is 2. The number of amides is 2. The molecule has 0 bridgehead atoms. The fraction of sp³-hybridized carbons (Fsp3) is 0.118. The summed E-state index contributed by atoms with van der Waals surface area (Å²) in [5, 5.41) is 6.00. The van der Waals surface area contributed by atoms with Crippen LogP contribution in [-0.4, -0.2) is 24.6 Å². The van der Waals surface area contributed by atoms with Gasteiger partial charge in [0.1, 0.15) is 11.6 Å². The monoisotopic (exact) mass is 329 g/mol. The standard InChI is InChI=1S/C17H16FN3O3/c1-2-24-15-10-6-5-9-14(15)20-16(22)17(23)21-19-11-12-7-3-4-8-13(12)18/h3-11H,2H2,1H3,(H,20,22)(H,21,23)/b19-11-. The zero-order valence-electron chi connectivity index (χ0n) is 13.0. The average Bonchev–Trinajstić information content (AvgIpc) is 2.58. The number of benzene rings is 2. The van der Waals surface area contributed by atoms with Crippen LogP contribution in [0.3, 0.4) is 0 Å². The maximum Gasteiger partial charge on any atom is 0.329 e. The summed E-state index contributed by atoms with van der Waals surface area (Å²) in [4.78, 5) is 23.6. The Morgan fingerprint density at radius 1 is 1.12 bits per heavy atom. The number of ether oxygens (including phenoxy) is 1. The van der Waals surface area contributed by atoms with Crippen molar-refractivity contribution in [1.29, 1.82) is 0 Å². The first-order valence-electron chi connectivity index (χ1n) is 7.22. The Balaban J connectivity index is 1.96. The number of nitrogens with zero attached hydrogens (tertiary/aromatic N) is 1. The van der Waals surface area contributed by atoms with Gasteiger partial charge in [-0.3, -0.25) is 9.59 Å². The molecule has 24 heavy (non-hydrogen) atoms. The molecule has 0 atom stereocenters. The van der Waals surface area contributed by atoms with Gasteiger partial charge in [0.2, 0.25) is 0 Å². The van der Waals surface area contributed by atoms with Crippen LogP contribution in [0.25, 0.3) is 0 Å². The van der Waals surface area contributed by atoms with E-state index in [0.29, 0.717) is 18.0 Å². The second-order valence-corrected chi connectivity index (χ2v) is 4.60. The van der Waals surface area contributed by atoms with Gasteiger partial charge < -0.3 is 10.1 Å². The van der Waals surface area contributed by atoms with E-state index in [9.17, 15) is 14.0 Å². The summed E-state index contributed by atoms with van der Waals surface area (Å²) in [5.74, 6) is -1.91. The van der Waals surface area contributed by atoms with Gasteiger partial charge in [-0.2, -0.15) is 5.10 Å². The second-order valence-electron chi connectivity index (χ2n) is 4.60. The van der Waals surface area contributed by atoms with Crippen LogP contribution in [0, 0.1) is 5.82 Å². The highest BCUT2D eigenvalue weighted by Crippen LogP contribution is 2.23. The summed E-state index contributed by atoms with van der Waals surface area (Å²) in [7, 11) is 0. The lowest BCUT2D eigenvalue weighted by atomic mass is 10.2. The number of anilines is 1. The SMILES string of the molecule is CCOc1ccccc1NC(=O)C(=O)N/N=C\c1ccccc1F. The van der Waals surface area contributed by atoms with Crippen molar-refractivity contribution in [3.8, 4) is 5.75 Å². The number of carbonyl (C=O) groups is 2. The maximum atomic E-state index is 13.4. The van der Waals surface area contributed by atoms with Crippen LogP contribution < -0.4 is 15.5 Å². The maximum absolute atomic E-state index is 13.4. The number of hydrazone groups is 1. The molecule has 0 unspecified atom stereocenters. The lowest BCUT2D eigenvalue weighted by molar-refractivity contribution is -0.136. The fourth-order valence-electron chi connectivity index (χ4n) is 1.82. The Labute approximate surface area is 138 Å².